The van der Waals surface area contributed by atoms with Gasteiger partial charge in [-0.2, -0.15) is 0 Å². The third-order valence-corrected chi connectivity index (χ3v) is 4.10. The fourth-order valence-electron chi connectivity index (χ4n) is 1.58. The maximum absolute atomic E-state index is 12.0. The lowest BCUT2D eigenvalue weighted by molar-refractivity contribution is 0.0533. The molecule has 0 aromatic carbocycles. The number of rotatable bonds is 6. The van der Waals surface area contributed by atoms with E-state index in [-0.39, 0.29) is 0 Å². The Kier molecular flexibility index (Phi) is 5.51. The number of ether oxygens (including phenoxy) is 2. The highest BCUT2D eigenvalue weighted by Crippen LogP contribution is 2.37. The van der Waals surface area contributed by atoms with Gasteiger partial charge in [-0.1, -0.05) is 11.8 Å². The number of fused-ring (bicyclic) bond motifs is 1. The van der Waals surface area contributed by atoms with Crippen molar-refractivity contribution >= 4 is 51.4 Å². The van der Waals surface area contributed by atoms with Crippen LogP contribution in [0.25, 0.3) is 10.2 Å². The molecule has 0 fully saturated rings. The molecule has 0 amide bonds. The Labute approximate surface area is 130 Å². The highest BCUT2D eigenvalue weighted by Gasteiger charge is 2.20. The topological polar surface area (TPSA) is 73.7 Å². The fraction of sp³-hybridized carbons (Fsp3) is 0.385. The Morgan fingerprint density at radius 2 is 2.29 bits per heavy atom. The number of thiophene rings is 1. The number of carbonyl (C=O) groups is 1. The van der Waals surface area contributed by atoms with Crippen LogP contribution in [-0.2, 0) is 9.47 Å². The standard InChI is InChI=1S/C13H15N3O3S2/c1-4-18-7-15-9-8-6-14-13(20-3)16-11(8)21-10(9)12(17)19-5-2/h6-7H,4-5H2,1-3H3. The van der Waals surface area contributed by atoms with E-state index in [0.29, 0.717) is 33.8 Å². The van der Waals surface area contributed by atoms with Gasteiger partial charge in [0.1, 0.15) is 15.4 Å². The molecule has 0 aliphatic carbocycles. The van der Waals surface area contributed by atoms with Crippen molar-refractivity contribution in [3.05, 3.63) is 11.1 Å². The Balaban J connectivity index is 2.53. The zero-order valence-electron chi connectivity index (χ0n) is 12.0. The van der Waals surface area contributed by atoms with Crippen molar-refractivity contribution in [1.29, 1.82) is 0 Å². The van der Waals surface area contributed by atoms with Crippen LogP contribution in [0.3, 0.4) is 0 Å². The van der Waals surface area contributed by atoms with E-state index < -0.39 is 5.97 Å². The van der Waals surface area contributed by atoms with Crippen LogP contribution in [-0.4, -0.2) is 41.8 Å². The normalized spacial score (nSPS) is 11.2. The summed E-state index contributed by atoms with van der Waals surface area (Å²) < 4.78 is 10.2. The first kappa shape index (κ1) is 15.7. The van der Waals surface area contributed by atoms with Gasteiger partial charge in [0.15, 0.2) is 11.6 Å². The maximum Gasteiger partial charge on any atom is 0.350 e. The van der Waals surface area contributed by atoms with E-state index in [0.717, 1.165) is 5.39 Å². The molecule has 0 aliphatic heterocycles. The average Bonchev–Trinajstić information content (AvgIpc) is 2.86. The highest BCUT2D eigenvalue weighted by molar-refractivity contribution is 7.98. The third-order valence-electron chi connectivity index (χ3n) is 2.47. The minimum absolute atomic E-state index is 0.309. The van der Waals surface area contributed by atoms with Crippen molar-refractivity contribution < 1.29 is 14.3 Å². The van der Waals surface area contributed by atoms with Crippen LogP contribution >= 0.6 is 23.1 Å². The molecule has 2 aromatic rings. The number of thioether (sulfide) groups is 1. The highest BCUT2D eigenvalue weighted by atomic mass is 32.2. The van der Waals surface area contributed by atoms with E-state index in [1.165, 1.54) is 29.5 Å². The molecule has 0 saturated heterocycles. The molecule has 0 spiro atoms. The second kappa shape index (κ2) is 7.37. The quantitative estimate of drug-likeness (QED) is 0.267. The molecule has 8 heteroatoms. The van der Waals surface area contributed by atoms with Crippen molar-refractivity contribution in [1.82, 2.24) is 9.97 Å². The maximum atomic E-state index is 12.0. The van der Waals surface area contributed by atoms with Crippen LogP contribution in [0.2, 0.25) is 0 Å². The molecule has 0 unspecified atom stereocenters. The number of nitrogens with zero attached hydrogens (tertiary/aromatic N) is 3. The summed E-state index contributed by atoms with van der Waals surface area (Å²) in [5.74, 6) is -0.408. The van der Waals surface area contributed by atoms with Crippen molar-refractivity contribution in [2.24, 2.45) is 4.99 Å². The van der Waals surface area contributed by atoms with Crippen molar-refractivity contribution in [3.63, 3.8) is 0 Å². The number of carbonyl (C=O) groups excluding carboxylic acids is 1. The van der Waals surface area contributed by atoms with E-state index in [1.54, 1.807) is 13.1 Å². The van der Waals surface area contributed by atoms with Gasteiger partial charge in [0, 0.05) is 6.20 Å². The molecule has 6 nitrogen and oxygen atoms in total. The monoisotopic (exact) mass is 325 g/mol. The van der Waals surface area contributed by atoms with Crippen LogP contribution in [0.4, 0.5) is 5.69 Å². The molecule has 112 valence electrons. The molecule has 2 aromatic heterocycles. The van der Waals surface area contributed by atoms with Crippen LogP contribution in [0, 0.1) is 0 Å². The number of aromatic nitrogens is 2. The zero-order valence-corrected chi connectivity index (χ0v) is 13.6. The van der Waals surface area contributed by atoms with E-state index in [9.17, 15) is 4.79 Å². The Morgan fingerprint density at radius 1 is 1.48 bits per heavy atom. The van der Waals surface area contributed by atoms with Gasteiger partial charge < -0.3 is 9.47 Å². The Morgan fingerprint density at radius 3 is 2.95 bits per heavy atom. The van der Waals surface area contributed by atoms with E-state index >= 15 is 0 Å². The number of hydrogen-bond acceptors (Lipinski definition) is 8. The van der Waals surface area contributed by atoms with E-state index in [1.807, 2.05) is 13.2 Å². The summed E-state index contributed by atoms with van der Waals surface area (Å²) in [5.41, 5.74) is 0.495. The van der Waals surface area contributed by atoms with Gasteiger partial charge in [-0.25, -0.2) is 19.8 Å². The first-order valence-electron chi connectivity index (χ1n) is 6.36. The summed E-state index contributed by atoms with van der Waals surface area (Å²) in [6, 6.07) is 0. The first-order valence-corrected chi connectivity index (χ1v) is 8.40. The lowest BCUT2D eigenvalue weighted by Gasteiger charge is -2.00. The zero-order chi connectivity index (χ0) is 15.2. The molecule has 2 rings (SSSR count). The molecule has 0 atom stereocenters. The molecule has 0 N–H and O–H groups in total. The molecule has 2 heterocycles. The average molecular weight is 325 g/mol. The van der Waals surface area contributed by atoms with Gasteiger partial charge in [-0.05, 0) is 20.1 Å². The van der Waals surface area contributed by atoms with Crippen LogP contribution in [0.1, 0.15) is 23.5 Å². The van der Waals surface area contributed by atoms with E-state index in [2.05, 4.69) is 15.0 Å². The van der Waals surface area contributed by atoms with Crippen LogP contribution in [0.5, 0.6) is 0 Å². The third kappa shape index (κ3) is 3.51. The minimum Gasteiger partial charge on any atom is -0.483 e. The van der Waals surface area contributed by atoms with Crippen LogP contribution in [0.15, 0.2) is 16.3 Å². The second-order valence-corrected chi connectivity index (χ2v) is 5.54. The first-order chi connectivity index (χ1) is 10.2. The largest absolute Gasteiger partial charge is 0.483 e. The molecular weight excluding hydrogens is 310 g/mol. The predicted molar refractivity (Wildman–Crippen MR) is 84.9 cm³/mol. The molecule has 0 aliphatic rings. The molecule has 0 bridgehead atoms. The Bertz CT molecular complexity index is 670. The van der Waals surface area contributed by atoms with Gasteiger partial charge in [0.05, 0.1) is 18.6 Å². The SMILES string of the molecule is CCOC=Nc1c(C(=O)OCC)sc2nc(SC)ncc12. The van der Waals surface area contributed by atoms with Gasteiger partial charge in [-0.15, -0.1) is 11.3 Å². The summed E-state index contributed by atoms with van der Waals surface area (Å²) in [4.78, 5) is 26.0. The predicted octanol–water partition coefficient (Wildman–Crippen LogP) is 3.29. The summed E-state index contributed by atoms with van der Waals surface area (Å²) in [6.07, 6.45) is 4.90. The van der Waals surface area contributed by atoms with Crippen LogP contribution < -0.4 is 0 Å². The minimum atomic E-state index is -0.408. The van der Waals surface area contributed by atoms with Gasteiger partial charge in [-0.3, -0.25) is 0 Å². The van der Waals surface area contributed by atoms with Gasteiger partial charge in [0.2, 0.25) is 0 Å². The number of esters is 1. The summed E-state index contributed by atoms with van der Waals surface area (Å²) >= 11 is 2.70. The molecule has 0 saturated carbocycles. The van der Waals surface area contributed by atoms with E-state index in [4.69, 9.17) is 9.47 Å². The molecular formula is C13H15N3O3S2. The second-order valence-electron chi connectivity index (χ2n) is 3.77. The lowest BCUT2D eigenvalue weighted by Crippen LogP contribution is -2.02. The van der Waals surface area contributed by atoms with Gasteiger partial charge in [0.25, 0.3) is 0 Å². The smallest absolute Gasteiger partial charge is 0.350 e. The summed E-state index contributed by atoms with van der Waals surface area (Å²) in [5, 5.41) is 1.37. The Hall–Kier alpha value is -1.67. The van der Waals surface area contributed by atoms with Crippen molar-refractivity contribution in [2.75, 3.05) is 19.5 Å². The van der Waals surface area contributed by atoms with Crippen molar-refractivity contribution in [2.45, 2.75) is 19.0 Å². The number of aliphatic imine (C=N–C) groups is 1. The van der Waals surface area contributed by atoms with Gasteiger partial charge >= 0.3 is 5.97 Å². The summed E-state index contributed by atoms with van der Waals surface area (Å²) in [6.45, 7) is 4.44. The van der Waals surface area contributed by atoms with Crippen molar-refractivity contribution in [3.8, 4) is 0 Å². The lowest BCUT2D eigenvalue weighted by atomic mass is 10.3. The molecule has 0 radical (unpaired) electrons. The fourth-order valence-corrected chi connectivity index (χ4v) is 2.97. The summed E-state index contributed by atoms with van der Waals surface area (Å²) in [7, 11) is 0. The number of hydrogen-bond donors (Lipinski definition) is 0. The molecule has 21 heavy (non-hydrogen) atoms.